The first-order valence-electron chi connectivity index (χ1n) is 6.39. The van der Waals surface area contributed by atoms with Crippen molar-refractivity contribution in [3.05, 3.63) is 29.3 Å². The van der Waals surface area contributed by atoms with Crippen LogP contribution in [-0.4, -0.2) is 36.0 Å². The molecule has 0 radical (unpaired) electrons. The first-order valence-corrected chi connectivity index (χ1v) is 6.39. The fraction of sp³-hybridized carbons (Fsp3) is 0.267. The number of benzene rings is 1. The van der Waals surface area contributed by atoms with Crippen LogP contribution in [0.5, 0.6) is 0 Å². The van der Waals surface area contributed by atoms with E-state index in [0.717, 1.165) is 5.56 Å². The van der Waals surface area contributed by atoms with Gasteiger partial charge in [-0.15, -0.1) is 6.42 Å². The number of rotatable bonds is 4. The minimum Gasteiger partial charge on any atom is -0.478 e. The van der Waals surface area contributed by atoms with Crippen molar-refractivity contribution >= 4 is 23.5 Å². The van der Waals surface area contributed by atoms with Gasteiger partial charge in [0.25, 0.3) is 0 Å². The van der Waals surface area contributed by atoms with Crippen molar-refractivity contribution in [2.75, 3.05) is 18.0 Å². The summed E-state index contributed by atoms with van der Waals surface area (Å²) in [6.07, 6.45) is 5.78. The number of terminal acetylenes is 1. The Labute approximate surface area is 121 Å². The number of anilines is 1. The molecule has 2 N–H and O–H groups in total. The molecule has 1 aliphatic rings. The summed E-state index contributed by atoms with van der Waals surface area (Å²) in [4.78, 5) is 36.0. The van der Waals surface area contributed by atoms with Crippen LogP contribution in [0.4, 0.5) is 5.69 Å². The van der Waals surface area contributed by atoms with E-state index in [-0.39, 0.29) is 36.9 Å². The maximum Gasteiger partial charge on any atom is 0.335 e. The quantitative estimate of drug-likeness (QED) is 0.785. The molecular formula is C15H14N2O4. The normalized spacial score (nSPS) is 13.3. The van der Waals surface area contributed by atoms with Crippen LogP contribution in [0.2, 0.25) is 0 Å². The van der Waals surface area contributed by atoms with Gasteiger partial charge in [-0.25, -0.2) is 4.79 Å². The molecule has 0 saturated carbocycles. The summed E-state index contributed by atoms with van der Waals surface area (Å²) in [5.41, 5.74) is 1.49. The summed E-state index contributed by atoms with van der Waals surface area (Å²) >= 11 is 0. The molecule has 1 aromatic rings. The second-order valence-corrected chi connectivity index (χ2v) is 4.61. The molecule has 1 aliphatic heterocycles. The third kappa shape index (κ3) is 3.20. The fourth-order valence-corrected chi connectivity index (χ4v) is 2.22. The number of amides is 2. The number of aryl methyl sites for hydroxylation is 1. The zero-order valence-corrected chi connectivity index (χ0v) is 11.3. The molecule has 6 nitrogen and oxygen atoms in total. The van der Waals surface area contributed by atoms with Gasteiger partial charge in [0, 0.05) is 12.1 Å². The van der Waals surface area contributed by atoms with Crippen molar-refractivity contribution in [1.29, 1.82) is 0 Å². The molecule has 0 unspecified atom stereocenters. The second-order valence-electron chi connectivity index (χ2n) is 4.61. The minimum absolute atomic E-state index is 0.103. The van der Waals surface area contributed by atoms with Crippen LogP contribution in [-0.2, 0) is 16.0 Å². The van der Waals surface area contributed by atoms with Crippen LogP contribution in [0.25, 0.3) is 0 Å². The number of carboxylic acids is 1. The van der Waals surface area contributed by atoms with Crippen LogP contribution in [0.3, 0.4) is 0 Å². The molecular weight excluding hydrogens is 272 g/mol. The highest BCUT2D eigenvalue weighted by molar-refractivity contribution is 6.01. The number of hydrogen-bond acceptors (Lipinski definition) is 3. The molecule has 0 aromatic heterocycles. The summed E-state index contributed by atoms with van der Waals surface area (Å²) in [7, 11) is 0. The van der Waals surface area contributed by atoms with E-state index in [9.17, 15) is 14.4 Å². The lowest BCUT2D eigenvalue weighted by atomic mass is 9.98. The van der Waals surface area contributed by atoms with Crippen molar-refractivity contribution in [1.82, 2.24) is 5.32 Å². The first kappa shape index (κ1) is 14.6. The molecule has 2 amide bonds. The molecule has 108 valence electrons. The summed E-state index contributed by atoms with van der Waals surface area (Å²) in [5, 5.41) is 11.5. The van der Waals surface area contributed by atoms with E-state index < -0.39 is 5.97 Å². The topological polar surface area (TPSA) is 86.7 Å². The number of nitrogens with one attached hydrogen (secondary N) is 1. The Morgan fingerprint density at radius 3 is 2.81 bits per heavy atom. The Kier molecular flexibility index (Phi) is 4.24. The standard InChI is InChI=1S/C15H14N2O4/c1-2-7-16-13(18)9-17-12-5-3-11(15(20)21)8-10(12)4-6-14(17)19/h1,3,5,8H,4,6-7,9H2,(H,16,18)(H,20,21). The molecule has 0 spiro atoms. The lowest BCUT2D eigenvalue weighted by Crippen LogP contribution is -2.43. The van der Waals surface area contributed by atoms with Gasteiger partial charge in [-0.3, -0.25) is 9.59 Å². The van der Waals surface area contributed by atoms with Crippen LogP contribution in [0.15, 0.2) is 18.2 Å². The van der Waals surface area contributed by atoms with Crippen molar-refractivity contribution in [3.8, 4) is 12.3 Å². The van der Waals surface area contributed by atoms with Gasteiger partial charge in [0.2, 0.25) is 11.8 Å². The van der Waals surface area contributed by atoms with Gasteiger partial charge < -0.3 is 15.3 Å². The van der Waals surface area contributed by atoms with E-state index in [4.69, 9.17) is 11.5 Å². The van der Waals surface area contributed by atoms with Crippen LogP contribution in [0, 0.1) is 12.3 Å². The van der Waals surface area contributed by atoms with Crippen LogP contribution < -0.4 is 10.2 Å². The van der Waals surface area contributed by atoms with Gasteiger partial charge in [0.15, 0.2) is 0 Å². The van der Waals surface area contributed by atoms with Gasteiger partial charge >= 0.3 is 5.97 Å². The van der Waals surface area contributed by atoms with E-state index >= 15 is 0 Å². The van der Waals surface area contributed by atoms with E-state index in [0.29, 0.717) is 12.1 Å². The molecule has 0 bridgehead atoms. The number of hydrogen-bond donors (Lipinski definition) is 2. The molecule has 1 aromatic carbocycles. The Hall–Kier alpha value is -2.81. The largest absolute Gasteiger partial charge is 0.478 e. The zero-order chi connectivity index (χ0) is 15.4. The minimum atomic E-state index is -1.02. The number of fused-ring (bicyclic) bond motifs is 1. The molecule has 1 heterocycles. The van der Waals surface area contributed by atoms with Crippen LogP contribution in [0.1, 0.15) is 22.3 Å². The highest BCUT2D eigenvalue weighted by Gasteiger charge is 2.26. The number of carboxylic acid groups (broad SMARTS) is 1. The predicted molar refractivity (Wildman–Crippen MR) is 75.9 cm³/mol. The molecule has 6 heteroatoms. The molecule has 2 rings (SSSR count). The molecule has 0 fully saturated rings. The third-order valence-corrected chi connectivity index (χ3v) is 3.22. The highest BCUT2D eigenvalue weighted by atomic mass is 16.4. The first-order chi connectivity index (χ1) is 10.0. The Balaban J connectivity index is 2.24. The molecule has 0 atom stereocenters. The Bertz CT molecular complexity index is 646. The van der Waals surface area contributed by atoms with Gasteiger partial charge in [0.1, 0.15) is 6.54 Å². The SMILES string of the molecule is C#CCNC(=O)CN1C(=O)CCc2cc(C(=O)O)ccc21. The fourth-order valence-electron chi connectivity index (χ4n) is 2.22. The lowest BCUT2D eigenvalue weighted by molar-refractivity contribution is -0.123. The average Bonchev–Trinajstić information content (AvgIpc) is 2.47. The lowest BCUT2D eigenvalue weighted by Gasteiger charge is -2.29. The van der Waals surface area contributed by atoms with E-state index in [1.807, 2.05) is 0 Å². The highest BCUT2D eigenvalue weighted by Crippen LogP contribution is 2.28. The van der Waals surface area contributed by atoms with Gasteiger partial charge in [-0.05, 0) is 30.2 Å². The Morgan fingerprint density at radius 1 is 1.38 bits per heavy atom. The summed E-state index contributed by atoms with van der Waals surface area (Å²) in [5.74, 6) is 0.749. The number of nitrogens with zero attached hydrogens (tertiary/aromatic N) is 1. The summed E-state index contributed by atoms with van der Waals surface area (Å²) < 4.78 is 0. The number of aromatic carboxylic acids is 1. The Morgan fingerprint density at radius 2 is 2.14 bits per heavy atom. The zero-order valence-electron chi connectivity index (χ0n) is 11.3. The summed E-state index contributed by atoms with van der Waals surface area (Å²) in [6, 6.07) is 4.52. The number of carbonyl (C=O) groups is 3. The second kappa shape index (κ2) is 6.09. The van der Waals surface area contributed by atoms with Gasteiger partial charge in [0.05, 0.1) is 12.1 Å². The van der Waals surface area contributed by atoms with E-state index in [1.165, 1.54) is 17.0 Å². The average molecular weight is 286 g/mol. The van der Waals surface area contributed by atoms with Crippen molar-refractivity contribution in [2.24, 2.45) is 0 Å². The maximum atomic E-state index is 12.0. The van der Waals surface area contributed by atoms with Crippen molar-refractivity contribution < 1.29 is 19.5 Å². The van der Waals surface area contributed by atoms with Gasteiger partial charge in [-0.1, -0.05) is 5.92 Å². The third-order valence-electron chi connectivity index (χ3n) is 3.22. The van der Waals surface area contributed by atoms with E-state index in [1.54, 1.807) is 6.07 Å². The van der Waals surface area contributed by atoms with Crippen LogP contribution >= 0.6 is 0 Å². The molecule has 21 heavy (non-hydrogen) atoms. The van der Waals surface area contributed by atoms with Crippen molar-refractivity contribution in [2.45, 2.75) is 12.8 Å². The molecule has 0 saturated heterocycles. The van der Waals surface area contributed by atoms with Gasteiger partial charge in [-0.2, -0.15) is 0 Å². The maximum absolute atomic E-state index is 12.0. The smallest absolute Gasteiger partial charge is 0.335 e. The van der Waals surface area contributed by atoms with Crippen molar-refractivity contribution in [3.63, 3.8) is 0 Å². The predicted octanol–water partition coefficient (Wildman–Crippen LogP) is 0.413. The number of carbonyl (C=O) groups excluding carboxylic acids is 2. The monoisotopic (exact) mass is 286 g/mol. The summed E-state index contributed by atoms with van der Waals surface area (Å²) in [6.45, 7) is -0.0222. The molecule has 0 aliphatic carbocycles. The van der Waals surface area contributed by atoms with E-state index in [2.05, 4.69) is 11.2 Å².